The number of fused-ring (bicyclic) bond motifs is 1. The molecule has 0 aliphatic rings. The van der Waals surface area contributed by atoms with Gasteiger partial charge in [0.15, 0.2) is 0 Å². The first-order valence-electron chi connectivity index (χ1n) is 6.16. The van der Waals surface area contributed by atoms with E-state index in [1.54, 1.807) is 0 Å². The lowest BCUT2D eigenvalue weighted by Gasteiger charge is -2.08. The standard InChI is InChI=1S/C15H14BrN3/c1-17-9-11-6-7-13(8-14(11)16)19-15-5-3-2-4-12(15)10-18-19/h2-8,10,17H,9H2,1H3. The van der Waals surface area contributed by atoms with Gasteiger partial charge < -0.3 is 5.32 Å². The van der Waals surface area contributed by atoms with Crippen molar-refractivity contribution >= 4 is 26.8 Å². The molecule has 0 atom stereocenters. The van der Waals surface area contributed by atoms with E-state index >= 15 is 0 Å². The summed E-state index contributed by atoms with van der Waals surface area (Å²) >= 11 is 3.62. The van der Waals surface area contributed by atoms with Crippen LogP contribution in [0.3, 0.4) is 0 Å². The van der Waals surface area contributed by atoms with Crippen LogP contribution in [-0.4, -0.2) is 16.8 Å². The normalized spacial score (nSPS) is 11.1. The van der Waals surface area contributed by atoms with E-state index in [0.29, 0.717) is 0 Å². The Bertz CT molecular complexity index is 718. The van der Waals surface area contributed by atoms with Crippen LogP contribution in [0.2, 0.25) is 0 Å². The molecule has 0 bridgehead atoms. The molecule has 0 saturated carbocycles. The number of hydrogen-bond acceptors (Lipinski definition) is 2. The summed E-state index contributed by atoms with van der Waals surface area (Å²) < 4.78 is 3.06. The molecule has 0 amide bonds. The van der Waals surface area contributed by atoms with Crippen molar-refractivity contribution < 1.29 is 0 Å². The van der Waals surface area contributed by atoms with Gasteiger partial charge in [-0.25, -0.2) is 4.68 Å². The molecule has 1 N–H and O–H groups in total. The number of nitrogens with zero attached hydrogens (tertiary/aromatic N) is 2. The minimum atomic E-state index is 0.848. The average Bonchev–Trinajstić information content (AvgIpc) is 2.85. The van der Waals surface area contributed by atoms with Gasteiger partial charge in [-0.05, 0) is 30.8 Å². The Hall–Kier alpha value is -1.65. The van der Waals surface area contributed by atoms with Crippen molar-refractivity contribution in [2.45, 2.75) is 6.54 Å². The van der Waals surface area contributed by atoms with Gasteiger partial charge in [-0.1, -0.05) is 40.2 Å². The van der Waals surface area contributed by atoms with E-state index in [9.17, 15) is 0 Å². The molecule has 2 aromatic carbocycles. The minimum Gasteiger partial charge on any atom is -0.316 e. The van der Waals surface area contributed by atoms with Crippen molar-refractivity contribution in [2.75, 3.05) is 7.05 Å². The molecular formula is C15H14BrN3. The molecule has 0 aliphatic carbocycles. The smallest absolute Gasteiger partial charge is 0.0741 e. The Morgan fingerprint density at radius 1 is 1.21 bits per heavy atom. The summed E-state index contributed by atoms with van der Waals surface area (Å²) in [4.78, 5) is 0. The van der Waals surface area contributed by atoms with E-state index in [4.69, 9.17) is 0 Å². The highest BCUT2D eigenvalue weighted by Gasteiger charge is 2.06. The molecule has 0 fully saturated rings. The Kier molecular flexibility index (Phi) is 3.36. The summed E-state index contributed by atoms with van der Waals surface area (Å²) in [5.41, 5.74) is 3.42. The molecule has 0 unspecified atom stereocenters. The van der Waals surface area contributed by atoms with E-state index in [-0.39, 0.29) is 0 Å². The zero-order valence-electron chi connectivity index (χ0n) is 10.6. The van der Waals surface area contributed by atoms with Gasteiger partial charge in [-0.3, -0.25) is 0 Å². The molecule has 0 saturated heterocycles. The highest BCUT2D eigenvalue weighted by Crippen LogP contribution is 2.23. The van der Waals surface area contributed by atoms with Crippen LogP contribution in [0, 0.1) is 0 Å². The van der Waals surface area contributed by atoms with Gasteiger partial charge in [-0.15, -0.1) is 0 Å². The molecule has 1 aromatic heterocycles. The number of para-hydroxylation sites is 1. The topological polar surface area (TPSA) is 29.9 Å². The molecule has 3 rings (SSSR count). The van der Waals surface area contributed by atoms with E-state index in [1.165, 1.54) is 5.56 Å². The molecule has 19 heavy (non-hydrogen) atoms. The van der Waals surface area contributed by atoms with Crippen LogP contribution in [0.5, 0.6) is 0 Å². The number of hydrogen-bond donors (Lipinski definition) is 1. The molecule has 1 heterocycles. The van der Waals surface area contributed by atoms with E-state index in [0.717, 1.165) is 27.6 Å². The average molecular weight is 316 g/mol. The molecular weight excluding hydrogens is 302 g/mol. The predicted molar refractivity (Wildman–Crippen MR) is 81.5 cm³/mol. The lowest BCUT2D eigenvalue weighted by Crippen LogP contribution is -2.06. The highest BCUT2D eigenvalue weighted by molar-refractivity contribution is 9.10. The van der Waals surface area contributed by atoms with Gasteiger partial charge in [-0.2, -0.15) is 5.10 Å². The Balaban J connectivity index is 2.09. The maximum Gasteiger partial charge on any atom is 0.0741 e. The van der Waals surface area contributed by atoms with Gasteiger partial charge >= 0.3 is 0 Å². The van der Waals surface area contributed by atoms with Crippen LogP contribution in [0.4, 0.5) is 0 Å². The number of benzene rings is 2. The van der Waals surface area contributed by atoms with Crippen LogP contribution in [0.1, 0.15) is 5.56 Å². The Morgan fingerprint density at radius 3 is 2.84 bits per heavy atom. The first-order chi connectivity index (χ1) is 9.29. The predicted octanol–water partition coefficient (Wildman–Crippen LogP) is 3.51. The minimum absolute atomic E-state index is 0.848. The fourth-order valence-electron chi connectivity index (χ4n) is 2.18. The first kappa shape index (κ1) is 12.4. The van der Waals surface area contributed by atoms with E-state index in [2.05, 4.69) is 56.7 Å². The first-order valence-corrected chi connectivity index (χ1v) is 6.95. The zero-order valence-corrected chi connectivity index (χ0v) is 12.2. The number of rotatable bonds is 3. The van der Waals surface area contributed by atoms with Crippen molar-refractivity contribution in [3.63, 3.8) is 0 Å². The molecule has 3 aromatic rings. The van der Waals surface area contributed by atoms with Crippen LogP contribution in [0.25, 0.3) is 16.6 Å². The van der Waals surface area contributed by atoms with Crippen molar-refractivity contribution in [3.8, 4) is 5.69 Å². The third-order valence-electron chi connectivity index (χ3n) is 3.13. The second-order valence-corrected chi connectivity index (χ2v) is 5.28. The summed E-state index contributed by atoms with van der Waals surface area (Å²) in [6, 6.07) is 14.5. The largest absolute Gasteiger partial charge is 0.316 e. The fraction of sp³-hybridized carbons (Fsp3) is 0.133. The number of nitrogens with one attached hydrogen (secondary N) is 1. The molecule has 4 heteroatoms. The highest BCUT2D eigenvalue weighted by atomic mass is 79.9. The van der Waals surface area contributed by atoms with Crippen LogP contribution in [-0.2, 0) is 6.54 Å². The monoisotopic (exact) mass is 315 g/mol. The van der Waals surface area contributed by atoms with Crippen molar-refractivity contribution in [1.82, 2.24) is 15.1 Å². The maximum atomic E-state index is 4.46. The third-order valence-corrected chi connectivity index (χ3v) is 3.86. The fourth-order valence-corrected chi connectivity index (χ4v) is 2.69. The Morgan fingerprint density at radius 2 is 2.05 bits per heavy atom. The van der Waals surface area contributed by atoms with Crippen LogP contribution < -0.4 is 5.32 Å². The second kappa shape index (κ2) is 5.15. The second-order valence-electron chi connectivity index (χ2n) is 4.42. The van der Waals surface area contributed by atoms with Crippen molar-refractivity contribution in [1.29, 1.82) is 0 Å². The number of halogens is 1. The SMILES string of the molecule is CNCc1ccc(-n2ncc3ccccc32)cc1Br. The van der Waals surface area contributed by atoms with E-state index < -0.39 is 0 Å². The molecule has 0 radical (unpaired) electrons. The van der Waals surface area contributed by atoms with E-state index in [1.807, 2.05) is 30.1 Å². The Labute approximate surface area is 120 Å². The van der Waals surface area contributed by atoms with Gasteiger partial charge in [0.05, 0.1) is 17.4 Å². The maximum absolute atomic E-state index is 4.46. The zero-order chi connectivity index (χ0) is 13.2. The third kappa shape index (κ3) is 2.29. The van der Waals surface area contributed by atoms with Crippen LogP contribution in [0.15, 0.2) is 53.1 Å². The summed E-state index contributed by atoms with van der Waals surface area (Å²) in [5.74, 6) is 0. The van der Waals surface area contributed by atoms with Gasteiger partial charge in [0.1, 0.15) is 0 Å². The quantitative estimate of drug-likeness (QED) is 0.801. The molecule has 96 valence electrons. The van der Waals surface area contributed by atoms with Crippen molar-refractivity contribution in [3.05, 3.63) is 58.7 Å². The summed E-state index contributed by atoms with van der Waals surface area (Å²) in [7, 11) is 1.95. The van der Waals surface area contributed by atoms with Gasteiger partial charge in [0.25, 0.3) is 0 Å². The number of aromatic nitrogens is 2. The van der Waals surface area contributed by atoms with Gasteiger partial charge in [0.2, 0.25) is 0 Å². The van der Waals surface area contributed by atoms with Gasteiger partial charge in [0, 0.05) is 16.4 Å². The molecule has 0 aliphatic heterocycles. The molecule has 3 nitrogen and oxygen atoms in total. The van der Waals surface area contributed by atoms with Crippen LogP contribution >= 0.6 is 15.9 Å². The summed E-state index contributed by atoms with van der Waals surface area (Å²) in [5, 5.41) is 8.77. The summed E-state index contributed by atoms with van der Waals surface area (Å²) in [6.45, 7) is 0.848. The lowest BCUT2D eigenvalue weighted by atomic mass is 10.2. The summed E-state index contributed by atoms with van der Waals surface area (Å²) in [6.07, 6.45) is 1.89. The lowest BCUT2D eigenvalue weighted by molar-refractivity contribution is 0.812. The molecule has 0 spiro atoms. The van der Waals surface area contributed by atoms with Crippen molar-refractivity contribution in [2.24, 2.45) is 0 Å².